The van der Waals surface area contributed by atoms with Gasteiger partial charge in [-0.05, 0) is 6.07 Å². The maximum Gasteiger partial charge on any atom is 0.363 e. The highest BCUT2D eigenvalue weighted by Gasteiger charge is 2.36. The van der Waals surface area contributed by atoms with Crippen molar-refractivity contribution in [3.8, 4) is 0 Å². The number of hydrogen-bond acceptors (Lipinski definition) is 4. The van der Waals surface area contributed by atoms with Gasteiger partial charge in [0.2, 0.25) is 0 Å². The van der Waals surface area contributed by atoms with Crippen LogP contribution in [0, 0.1) is 0 Å². The third-order valence-corrected chi connectivity index (χ3v) is 4.79. The molecule has 0 heterocycles. The zero-order valence-corrected chi connectivity index (χ0v) is 13.1. The summed E-state index contributed by atoms with van der Waals surface area (Å²) in [5.41, 5.74) is 0.275. The van der Waals surface area contributed by atoms with E-state index in [2.05, 4.69) is 0 Å². The van der Waals surface area contributed by atoms with Gasteiger partial charge < -0.3 is 14.2 Å². The Bertz CT molecular complexity index is 432. The van der Waals surface area contributed by atoms with Gasteiger partial charge in [0.1, 0.15) is 0 Å². The number of rotatable bonds is 8. The Kier molecular flexibility index (Phi) is 7.70. The fourth-order valence-corrected chi connectivity index (χ4v) is 3.66. The average Bonchev–Trinajstić information content (AvgIpc) is 2.42. The molecule has 0 radical (unpaired) electrons. The Morgan fingerprint density at radius 3 is 2.16 bits per heavy atom. The van der Waals surface area contributed by atoms with E-state index in [4.69, 9.17) is 43.9 Å². The maximum absolute atomic E-state index is 12.5. The molecule has 4 nitrogen and oxygen atoms in total. The summed E-state index contributed by atoms with van der Waals surface area (Å²) >= 11 is 16.9. The van der Waals surface area contributed by atoms with Crippen molar-refractivity contribution in [2.24, 2.45) is 0 Å². The molecule has 0 bridgehead atoms. The van der Waals surface area contributed by atoms with Crippen LogP contribution in [0.3, 0.4) is 0 Å². The van der Waals surface area contributed by atoms with E-state index in [-0.39, 0.29) is 35.6 Å². The third-order valence-electron chi connectivity index (χ3n) is 2.18. The third kappa shape index (κ3) is 4.91. The Balaban J connectivity index is 2.96. The van der Waals surface area contributed by atoms with Gasteiger partial charge in [0.15, 0.2) is 5.85 Å². The van der Waals surface area contributed by atoms with Crippen LogP contribution in [0.4, 0.5) is 0 Å². The van der Waals surface area contributed by atoms with Crippen LogP contribution in [0.15, 0.2) is 24.3 Å². The zero-order chi connectivity index (χ0) is 14.3. The molecule has 1 aromatic carbocycles. The molecule has 1 atom stereocenters. The van der Waals surface area contributed by atoms with Crippen molar-refractivity contribution in [2.45, 2.75) is 5.85 Å². The standard InChI is InChI=1S/C11H14Cl3O4P/c12-5-7-17-19(16,18-8-6-13)11(15)9-3-1-2-4-10(9)14/h1-4,11,15H,5-8H2/t11-/m0/s1. The first-order valence-electron chi connectivity index (χ1n) is 5.48. The largest absolute Gasteiger partial charge is 0.376 e. The fourth-order valence-electron chi connectivity index (χ4n) is 1.36. The summed E-state index contributed by atoms with van der Waals surface area (Å²) in [5, 5.41) is 10.5. The van der Waals surface area contributed by atoms with Crippen LogP contribution in [0.25, 0.3) is 0 Å². The molecule has 0 fully saturated rings. The van der Waals surface area contributed by atoms with Crippen LogP contribution in [-0.4, -0.2) is 30.1 Å². The lowest BCUT2D eigenvalue weighted by Crippen LogP contribution is -2.09. The number of aliphatic hydroxyl groups excluding tert-OH is 1. The topological polar surface area (TPSA) is 55.8 Å². The molecule has 0 aromatic heterocycles. The molecular formula is C11H14Cl3O4P. The molecule has 0 saturated heterocycles. The van der Waals surface area contributed by atoms with Crippen LogP contribution in [-0.2, 0) is 13.6 Å². The molecule has 0 spiro atoms. The van der Waals surface area contributed by atoms with Crippen molar-refractivity contribution in [3.05, 3.63) is 34.9 Å². The second-order valence-electron chi connectivity index (χ2n) is 3.48. The second kappa shape index (κ2) is 8.48. The Morgan fingerprint density at radius 1 is 1.16 bits per heavy atom. The summed E-state index contributed by atoms with van der Waals surface area (Å²) in [6.45, 7) is -0.0226. The van der Waals surface area contributed by atoms with Crippen molar-refractivity contribution in [3.63, 3.8) is 0 Å². The van der Waals surface area contributed by atoms with Gasteiger partial charge >= 0.3 is 7.60 Å². The summed E-state index contributed by atoms with van der Waals surface area (Å²) in [6, 6.07) is 6.49. The molecule has 0 unspecified atom stereocenters. The summed E-state index contributed by atoms with van der Waals surface area (Å²) < 4.78 is 22.7. The minimum atomic E-state index is -3.79. The average molecular weight is 348 g/mol. The Hall–Kier alpha value is 0.200. The lowest BCUT2D eigenvalue weighted by atomic mass is 10.2. The van der Waals surface area contributed by atoms with Crippen LogP contribution in [0.2, 0.25) is 5.02 Å². The summed E-state index contributed by atoms with van der Waals surface area (Å²) in [5.74, 6) is -1.22. The van der Waals surface area contributed by atoms with Gasteiger partial charge in [-0.3, -0.25) is 4.57 Å². The molecule has 0 aliphatic rings. The molecule has 1 rings (SSSR count). The predicted molar refractivity (Wildman–Crippen MR) is 77.4 cm³/mol. The van der Waals surface area contributed by atoms with E-state index in [1.54, 1.807) is 24.3 Å². The molecule has 0 aliphatic carbocycles. The molecule has 1 N–H and O–H groups in total. The van der Waals surface area contributed by atoms with Gasteiger partial charge in [-0.2, -0.15) is 0 Å². The molecule has 19 heavy (non-hydrogen) atoms. The molecule has 0 amide bonds. The first-order valence-corrected chi connectivity index (χ1v) is 8.54. The number of benzene rings is 1. The summed E-state index contributed by atoms with van der Waals surface area (Å²) in [7, 11) is -3.79. The maximum atomic E-state index is 12.5. The van der Waals surface area contributed by atoms with Gasteiger partial charge in [0, 0.05) is 22.3 Å². The minimum absolute atomic E-state index is 0.0113. The lowest BCUT2D eigenvalue weighted by molar-refractivity contribution is 0.151. The van der Waals surface area contributed by atoms with E-state index < -0.39 is 13.4 Å². The number of halogens is 3. The first kappa shape index (κ1) is 17.3. The quantitative estimate of drug-likeness (QED) is 0.570. The SMILES string of the molecule is O=P(OCCCl)(OCCCl)[C@H](O)c1ccccc1Cl. The first-order chi connectivity index (χ1) is 9.05. The highest BCUT2D eigenvalue weighted by molar-refractivity contribution is 7.54. The fraction of sp³-hybridized carbons (Fsp3) is 0.455. The van der Waals surface area contributed by atoms with E-state index in [9.17, 15) is 9.67 Å². The number of hydrogen-bond donors (Lipinski definition) is 1. The van der Waals surface area contributed by atoms with E-state index in [1.807, 2.05) is 0 Å². The van der Waals surface area contributed by atoms with E-state index in [0.717, 1.165) is 0 Å². The van der Waals surface area contributed by atoms with Gasteiger partial charge in [-0.15, -0.1) is 23.2 Å². The summed E-state index contributed by atoms with van der Waals surface area (Å²) in [4.78, 5) is 0. The predicted octanol–water partition coefficient (Wildman–Crippen LogP) is 4.03. The van der Waals surface area contributed by atoms with Gasteiger partial charge in [0.05, 0.1) is 13.2 Å². The molecule has 8 heteroatoms. The van der Waals surface area contributed by atoms with Crippen LogP contribution in [0.1, 0.15) is 11.4 Å². The Labute approximate surface area is 127 Å². The van der Waals surface area contributed by atoms with Crippen molar-refractivity contribution in [1.29, 1.82) is 0 Å². The van der Waals surface area contributed by atoms with Crippen LogP contribution < -0.4 is 0 Å². The van der Waals surface area contributed by atoms with Crippen LogP contribution in [0.5, 0.6) is 0 Å². The molecule has 1 aromatic rings. The van der Waals surface area contributed by atoms with Crippen LogP contribution >= 0.6 is 42.4 Å². The monoisotopic (exact) mass is 346 g/mol. The molecule has 0 saturated carbocycles. The lowest BCUT2D eigenvalue weighted by Gasteiger charge is -2.23. The molecule has 0 aliphatic heterocycles. The molecular weight excluding hydrogens is 333 g/mol. The smallest absolute Gasteiger partial charge is 0.363 e. The van der Waals surface area contributed by atoms with Gasteiger partial charge in [-0.25, -0.2) is 0 Å². The molecule has 108 valence electrons. The zero-order valence-electron chi connectivity index (χ0n) is 9.97. The highest BCUT2D eigenvalue weighted by Crippen LogP contribution is 2.60. The van der Waals surface area contributed by atoms with Crippen molar-refractivity contribution in [1.82, 2.24) is 0 Å². The van der Waals surface area contributed by atoms with Crippen molar-refractivity contribution < 1.29 is 18.7 Å². The number of alkyl halides is 2. The van der Waals surface area contributed by atoms with Crippen molar-refractivity contribution >= 4 is 42.4 Å². The minimum Gasteiger partial charge on any atom is -0.376 e. The number of aliphatic hydroxyl groups is 1. The van der Waals surface area contributed by atoms with Gasteiger partial charge in [0.25, 0.3) is 0 Å². The van der Waals surface area contributed by atoms with Gasteiger partial charge in [-0.1, -0.05) is 29.8 Å². The highest BCUT2D eigenvalue weighted by atomic mass is 35.5. The second-order valence-corrected chi connectivity index (χ2v) is 6.73. The Morgan fingerprint density at radius 2 is 1.68 bits per heavy atom. The summed E-state index contributed by atoms with van der Waals surface area (Å²) in [6.07, 6.45) is 0. The normalized spacial score (nSPS) is 13.5. The van der Waals surface area contributed by atoms with E-state index >= 15 is 0 Å². The van der Waals surface area contributed by atoms with E-state index in [0.29, 0.717) is 0 Å². The van der Waals surface area contributed by atoms with E-state index in [1.165, 1.54) is 0 Å². The van der Waals surface area contributed by atoms with Crippen molar-refractivity contribution in [2.75, 3.05) is 25.0 Å².